The van der Waals surface area contributed by atoms with Crippen LogP contribution in [-0.4, -0.2) is 29.1 Å². The quantitative estimate of drug-likeness (QED) is 0.422. The molecule has 0 spiro atoms. The molecule has 3 aliphatic rings. The van der Waals surface area contributed by atoms with Crippen molar-refractivity contribution in [3.05, 3.63) is 76.0 Å². The van der Waals surface area contributed by atoms with Crippen LogP contribution in [0.25, 0.3) is 11.1 Å². The van der Waals surface area contributed by atoms with Crippen molar-refractivity contribution < 1.29 is 27.8 Å². The average molecular weight is 447 g/mol. The summed E-state index contributed by atoms with van der Waals surface area (Å²) in [7, 11) is 0. The molecular weight excluding hydrogens is 427 g/mol. The molecule has 2 aliphatic carbocycles. The first-order chi connectivity index (χ1) is 14.8. The highest BCUT2D eigenvalue weighted by molar-refractivity contribution is 7.12. The zero-order valence-corrected chi connectivity index (χ0v) is 17.2. The first-order valence-electron chi connectivity index (χ1n) is 9.71. The van der Waals surface area contributed by atoms with E-state index in [4.69, 9.17) is 9.84 Å². The van der Waals surface area contributed by atoms with Gasteiger partial charge in [-0.3, -0.25) is 9.69 Å². The molecule has 1 aliphatic heterocycles. The number of thiophene rings is 1. The van der Waals surface area contributed by atoms with Crippen molar-refractivity contribution in [1.29, 1.82) is 0 Å². The fourth-order valence-electron chi connectivity index (χ4n) is 3.23. The first-order valence-corrected chi connectivity index (χ1v) is 10.5. The Bertz CT molecular complexity index is 1020. The lowest BCUT2D eigenvalue weighted by atomic mass is 9.95. The molecule has 31 heavy (non-hydrogen) atoms. The molecule has 0 saturated carbocycles. The lowest BCUT2D eigenvalue weighted by Gasteiger charge is -2.36. The standard InChI is InChI=1S/C17H16F3NO3S.C6H4/c18-17(19,20)15-6-5-14(25-15)10-24-13-3-1-11(2-4-13)7-21-8-12(9-21)16(22)23;1-2-6-4-3-5(1)6/h1-6,12H,7-10H2,(H,22,23);1-4H. The van der Waals surface area contributed by atoms with Gasteiger partial charge in [0.25, 0.3) is 0 Å². The molecule has 0 unspecified atom stereocenters. The van der Waals surface area contributed by atoms with Gasteiger partial charge in [-0.1, -0.05) is 36.4 Å². The minimum Gasteiger partial charge on any atom is -0.488 e. The molecule has 2 heterocycles. The van der Waals surface area contributed by atoms with Crippen molar-refractivity contribution in [2.45, 2.75) is 19.3 Å². The van der Waals surface area contributed by atoms with E-state index >= 15 is 0 Å². The van der Waals surface area contributed by atoms with Crippen molar-refractivity contribution in [1.82, 2.24) is 4.90 Å². The fraction of sp³-hybridized carbons (Fsp3) is 0.261. The highest BCUT2D eigenvalue weighted by atomic mass is 32.1. The van der Waals surface area contributed by atoms with E-state index in [2.05, 4.69) is 24.3 Å². The van der Waals surface area contributed by atoms with Crippen molar-refractivity contribution in [2.24, 2.45) is 5.92 Å². The normalized spacial score (nSPS) is 14.9. The highest BCUT2D eigenvalue weighted by Gasteiger charge is 2.33. The smallest absolute Gasteiger partial charge is 0.425 e. The van der Waals surface area contributed by atoms with Gasteiger partial charge < -0.3 is 9.84 Å². The molecule has 0 amide bonds. The maximum absolute atomic E-state index is 12.5. The molecule has 1 N–H and O–H groups in total. The van der Waals surface area contributed by atoms with Crippen molar-refractivity contribution >= 4 is 17.3 Å². The first kappa shape index (κ1) is 21.4. The lowest BCUT2D eigenvalue weighted by molar-refractivity contribution is -0.147. The number of fused-ring (bicyclic) bond motifs is 1. The molecule has 1 saturated heterocycles. The Morgan fingerprint density at radius 3 is 2.06 bits per heavy atom. The predicted octanol–water partition coefficient (Wildman–Crippen LogP) is 5.53. The zero-order chi connectivity index (χ0) is 22.0. The summed E-state index contributed by atoms with van der Waals surface area (Å²) >= 11 is 0.679. The number of nitrogens with zero attached hydrogens (tertiary/aromatic N) is 1. The third-order valence-electron chi connectivity index (χ3n) is 5.18. The van der Waals surface area contributed by atoms with E-state index in [1.54, 1.807) is 12.1 Å². The maximum Gasteiger partial charge on any atom is 0.425 e. The number of benzene rings is 2. The van der Waals surface area contributed by atoms with Gasteiger partial charge in [-0.15, -0.1) is 11.3 Å². The summed E-state index contributed by atoms with van der Waals surface area (Å²) in [5, 5.41) is 8.85. The van der Waals surface area contributed by atoms with Crippen molar-refractivity contribution in [2.75, 3.05) is 13.1 Å². The predicted molar refractivity (Wildman–Crippen MR) is 112 cm³/mol. The van der Waals surface area contributed by atoms with Gasteiger partial charge >= 0.3 is 12.1 Å². The van der Waals surface area contributed by atoms with E-state index in [1.165, 1.54) is 17.2 Å². The van der Waals surface area contributed by atoms with Crippen LogP contribution >= 0.6 is 11.3 Å². The molecule has 1 aromatic heterocycles. The molecule has 1 fully saturated rings. The summed E-state index contributed by atoms with van der Waals surface area (Å²) in [6, 6.07) is 18.2. The summed E-state index contributed by atoms with van der Waals surface area (Å²) in [5.41, 5.74) is 3.89. The van der Waals surface area contributed by atoms with Gasteiger partial charge in [0.2, 0.25) is 0 Å². The maximum atomic E-state index is 12.5. The Morgan fingerprint density at radius 2 is 1.61 bits per heavy atom. The van der Waals surface area contributed by atoms with Gasteiger partial charge in [-0.2, -0.15) is 13.2 Å². The largest absolute Gasteiger partial charge is 0.488 e. The minimum atomic E-state index is -4.32. The number of rotatable bonds is 6. The van der Waals surface area contributed by atoms with Gasteiger partial charge in [-0.05, 0) is 41.0 Å². The SMILES string of the molecule is O=C(O)C1CN(Cc2ccc(OCc3ccc(C(F)(F)F)s3)cc2)C1.c1cc2ccc1-2. The van der Waals surface area contributed by atoms with Crippen LogP contribution in [0.15, 0.2) is 60.7 Å². The number of likely N-dealkylation sites (tertiary alicyclic amines) is 1. The second-order valence-corrected chi connectivity index (χ2v) is 8.67. The van der Waals surface area contributed by atoms with Crippen LogP contribution in [-0.2, 0) is 24.1 Å². The van der Waals surface area contributed by atoms with E-state index in [0.29, 0.717) is 41.6 Å². The van der Waals surface area contributed by atoms with Crippen LogP contribution in [0.1, 0.15) is 15.3 Å². The van der Waals surface area contributed by atoms with Crippen molar-refractivity contribution in [3.8, 4) is 16.9 Å². The summed E-state index contributed by atoms with van der Waals surface area (Å²) in [6.45, 7) is 1.86. The Balaban J connectivity index is 0.000000325. The molecule has 4 nitrogen and oxygen atoms in total. The van der Waals surface area contributed by atoms with Gasteiger partial charge in [0.1, 0.15) is 17.2 Å². The Morgan fingerprint density at radius 1 is 1.00 bits per heavy atom. The van der Waals surface area contributed by atoms with E-state index in [1.807, 2.05) is 17.0 Å². The van der Waals surface area contributed by atoms with Crippen LogP contribution < -0.4 is 4.74 Å². The zero-order valence-electron chi connectivity index (χ0n) is 16.4. The van der Waals surface area contributed by atoms with Crippen LogP contribution in [0.5, 0.6) is 5.75 Å². The highest BCUT2D eigenvalue weighted by Crippen LogP contribution is 2.35. The molecule has 2 aromatic rings. The number of halogens is 3. The van der Waals surface area contributed by atoms with E-state index in [9.17, 15) is 18.0 Å². The van der Waals surface area contributed by atoms with Gasteiger partial charge in [0.05, 0.1) is 5.92 Å². The van der Waals surface area contributed by atoms with Crippen LogP contribution in [0, 0.1) is 5.92 Å². The summed E-state index contributed by atoms with van der Waals surface area (Å²) in [4.78, 5) is 12.7. The van der Waals surface area contributed by atoms with E-state index in [-0.39, 0.29) is 12.5 Å². The van der Waals surface area contributed by atoms with Gasteiger partial charge in [0.15, 0.2) is 0 Å². The summed E-state index contributed by atoms with van der Waals surface area (Å²) in [5.74, 6) is -0.463. The van der Waals surface area contributed by atoms with Crippen molar-refractivity contribution in [3.63, 3.8) is 0 Å². The Kier molecular flexibility index (Phi) is 6.02. The molecule has 8 heteroatoms. The van der Waals surface area contributed by atoms with Crippen LogP contribution in [0.2, 0.25) is 0 Å². The molecule has 0 bridgehead atoms. The number of hydrogen-bond donors (Lipinski definition) is 1. The second-order valence-electron chi connectivity index (χ2n) is 7.50. The van der Waals surface area contributed by atoms with Gasteiger partial charge in [0, 0.05) is 24.5 Å². The average Bonchev–Trinajstić information content (AvgIpc) is 3.16. The number of alkyl halides is 3. The third-order valence-corrected chi connectivity index (χ3v) is 6.28. The molecule has 1 aromatic carbocycles. The Hall–Kier alpha value is -2.84. The van der Waals surface area contributed by atoms with Crippen LogP contribution in [0.4, 0.5) is 13.2 Å². The van der Waals surface area contributed by atoms with E-state index < -0.39 is 17.0 Å². The summed E-state index contributed by atoms with van der Waals surface area (Å²) in [6.07, 6.45) is -4.32. The topological polar surface area (TPSA) is 49.8 Å². The number of hydrogen-bond acceptors (Lipinski definition) is 4. The third kappa shape index (κ3) is 5.26. The Labute approximate surface area is 181 Å². The fourth-order valence-corrected chi connectivity index (χ4v) is 4.02. The van der Waals surface area contributed by atoms with E-state index in [0.717, 1.165) is 11.6 Å². The monoisotopic (exact) mass is 447 g/mol. The molecule has 0 radical (unpaired) electrons. The number of carboxylic acid groups (broad SMARTS) is 1. The summed E-state index contributed by atoms with van der Waals surface area (Å²) < 4.78 is 43.2. The molecule has 0 atom stereocenters. The lowest BCUT2D eigenvalue weighted by Crippen LogP contribution is -2.49. The van der Waals surface area contributed by atoms with Crippen LogP contribution in [0.3, 0.4) is 0 Å². The number of ether oxygens (including phenoxy) is 1. The number of aliphatic carboxylic acids is 1. The number of carboxylic acids is 1. The molecular formula is C23H20F3NO3S. The molecule has 162 valence electrons. The molecule has 5 rings (SSSR count). The van der Waals surface area contributed by atoms with Gasteiger partial charge in [-0.25, -0.2) is 0 Å². The number of carbonyl (C=O) groups is 1. The minimum absolute atomic E-state index is 0.0898. The second kappa shape index (κ2) is 8.72.